The smallest absolute Gasteiger partial charge is 0.329 e. The number of carbonyl (C=O) groups is 2. The van der Waals surface area contributed by atoms with Crippen LogP contribution in [0.1, 0.15) is 11.1 Å². The number of hydrogen-bond donors (Lipinski definition) is 1. The molecular formula is C18H13ClI2N2O3. The van der Waals surface area contributed by atoms with E-state index in [1.165, 1.54) is 4.90 Å². The van der Waals surface area contributed by atoms with E-state index in [0.29, 0.717) is 5.02 Å². The van der Waals surface area contributed by atoms with Crippen molar-refractivity contribution < 1.29 is 14.3 Å². The van der Waals surface area contributed by atoms with Gasteiger partial charge in [-0.2, -0.15) is 0 Å². The van der Waals surface area contributed by atoms with Gasteiger partial charge in [0.1, 0.15) is 11.4 Å². The molecule has 1 N–H and O–H groups in total. The van der Waals surface area contributed by atoms with Gasteiger partial charge in [-0.3, -0.25) is 9.69 Å². The zero-order valence-corrected chi connectivity index (χ0v) is 18.6. The summed E-state index contributed by atoms with van der Waals surface area (Å²) in [4.78, 5) is 26.0. The second kappa shape index (κ2) is 8.13. The normalized spacial score (nSPS) is 15.5. The molecule has 0 aliphatic carbocycles. The molecule has 3 amide bonds. The van der Waals surface area contributed by atoms with Crippen LogP contribution in [0.3, 0.4) is 0 Å². The van der Waals surface area contributed by atoms with E-state index in [1.807, 2.05) is 12.1 Å². The first-order valence-corrected chi connectivity index (χ1v) is 10.0. The lowest BCUT2D eigenvalue weighted by Gasteiger charge is -2.11. The number of imide groups is 1. The SMILES string of the molecule is COc1c(I)cc(/C=C2\NC(=O)N(Cc3ccc(Cl)cc3)C2=O)cc1I. The Hall–Kier alpha value is -1.33. The highest BCUT2D eigenvalue weighted by Crippen LogP contribution is 2.29. The highest BCUT2D eigenvalue weighted by atomic mass is 127. The maximum Gasteiger partial charge on any atom is 0.329 e. The van der Waals surface area contributed by atoms with Gasteiger partial charge in [-0.15, -0.1) is 0 Å². The van der Waals surface area contributed by atoms with Gasteiger partial charge in [0, 0.05) is 5.02 Å². The Bertz CT molecular complexity index is 890. The topological polar surface area (TPSA) is 58.6 Å². The van der Waals surface area contributed by atoms with Crippen LogP contribution in [-0.2, 0) is 11.3 Å². The lowest BCUT2D eigenvalue weighted by molar-refractivity contribution is -0.123. The van der Waals surface area contributed by atoms with Crippen molar-refractivity contribution in [1.29, 1.82) is 0 Å². The zero-order valence-electron chi connectivity index (χ0n) is 13.6. The van der Waals surface area contributed by atoms with E-state index in [-0.39, 0.29) is 18.1 Å². The van der Waals surface area contributed by atoms with Crippen molar-refractivity contribution in [2.75, 3.05) is 7.11 Å². The monoisotopic (exact) mass is 594 g/mol. The number of amides is 3. The van der Waals surface area contributed by atoms with E-state index in [4.69, 9.17) is 16.3 Å². The minimum atomic E-state index is -0.436. The van der Waals surface area contributed by atoms with Gasteiger partial charge in [-0.05, 0) is 86.7 Å². The number of urea groups is 1. The molecule has 8 heteroatoms. The van der Waals surface area contributed by atoms with E-state index < -0.39 is 6.03 Å². The van der Waals surface area contributed by atoms with Crippen LogP contribution in [0.2, 0.25) is 5.02 Å². The Morgan fingerprint density at radius 3 is 2.35 bits per heavy atom. The van der Waals surface area contributed by atoms with Crippen molar-refractivity contribution in [2.24, 2.45) is 0 Å². The van der Waals surface area contributed by atoms with Gasteiger partial charge in [0.2, 0.25) is 0 Å². The lowest BCUT2D eigenvalue weighted by atomic mass is 10.1. The number of carbonyl (C=O) groups excluding carboxylic acids is 2. The van der Waals surface area contributed by atoms with Crippen LogP contribution in [-0.4, -0.2) is 23.9 Å². The van der Waals surface area contributed by atoms with Crippen molar-refractivity contribution >= 4 is 74.8 Å². The summed E-state index contributed by atoms with van der Waals surface area (Å²) in [7, 11) is 1.62. The molecule has 1 saturated heterocycles. The van der Waals surface area contributed by atoms with E-state index in [2.05, 4.69) is 50.5 Å². The molecule has 3 rings (SSSR count). The third-order valence-electron chi connectivity index (χ3n) is 3.75. The average Bonchev–Trinajstić information content (AvgIpc) is 2.84. The molecule has 2 aromatic rings. The fraction of sp³-hybridized carbons (Fsp3) is 0.111. The number of nitrogens with zero attached hydrogens (tertiary/aromatic N) is 1. The summed E-state index contributed by atoms with van der Waals surface area (Å²) in [6.45, 7) is 0.191. The van der Waals surface area contributed by atoms with E-state index in [9.17, 15) is 9.59 Å². The Kier molecular flexibility index (Phi) is 6.08. The Balaban J connectivity index is 1.84. The standard InChI is InChI=1S/C18H13ClI2N2O3/c1-26-16-13(20)6-11(7-14(16)21)8-15-17(24)23(18(25)22-15)9-10-2-4-12(19)5-3-10/h2-8H,9H2,1H3,(H,22,25)/b15-8-. The number of methoxy groups -OCH3 is 1. The van der Waals surface area contributed by atoms with Gasteiger partial charge in [0.15, 0.2) is 0 Å². The first kappa shape index (κ1) is 19.4. The van der Waals surface area contributed by atoms with Gasteiger partial charge >= 0.3 is 6.03 Å². The molecular weight excluding hydrogens is 581 g/mol. The summed E-state index contributed by atoms with van der Waals surface area (Å²) in [6, 6.07) is 10.4. The summed E-state index contributed by atoms with van der Waals surface area (Å²) in [5.74, 6) is 0.435. The van der Waals surface area contributed by atoms with Crippen molar-refractivity contribution in [3.05, 3.63) is 65.4 Å². The van der Waals surface area contributed by atoms with Crippen molar-refractivity contribution in [3.63, 3.8) is 0 Å². The molecule has 0 saturated carbocycles. The van der Waals surface area contributed by atoms with Crippen LogP contribution >= 0.6 is 56.8 Å². The molecule has 0 aromatic heterocycles. The summed E-state index contributed by atoms with van der Waals surface area (Å²) in [5.41, 5.74) is 1.89. The molecule has 1 heterocycles. The predicted molar refractivity (Wildman–Crippen MR) is 117 cm³/mol. The van der Waals surface area contributed by atoms with Crippen LogP contribution in [0.4, 0.5) is 4.79 Å². The van der Waals surface area contributed by atoms with E-state index in [0.717, 1.165) is 24.0 Å². The molecule has 0 atom stereocenters. The first-order valence-electron chi connectivity index (χ1n) is 7.51. The second-order valence-electron chi connectivity index (χ2n) is 5.52. The quantitative estimate of drug-likeness (QED) is 0.319. The average molecular weight is 595 g/mol. The lowest BCUT2D eigenvalue weighted by Crippen LogP contribution is -2.30. The van der Waals surface area contributed by atoms with Crippen LogP contribution in [0, 0.1) is 7.14 Å². The van der Waals surface area contributed by atoms with Crippen molar-refractivity contribution in [3.8, 4) is 5.75 Å². The Morgan fingerprint density at radius 2 is 1.77 bits per heavy atom. The molecule has 134 valence electrons. The molecule has 26 heavy (non-hydrogen) atoms. The molecule has 0 radical (unpaired) electrons. The number of halogens is 3. The molecule has 1 aliphatic heterocycles. The van der Waals surface area contributed by atoms with Crippen LogP contribution in [0.5, 0.6) is 5.75 Å². The molecule has 0 bridgehead atoms. The fourth-order valence-electron chi connectivity index (χ4n) is 2.51. The molecule has 2 aromatic carbocycles. The molecule has 5 nitrogen and oxygen atoms in total. The minimum Gasteiger partial charge on any atom is -0.495 e. The van der Waals surface area contributed by atoms with E-state index in [1.54, 1.807) is 37.5 Å². The van der Waals surface area contributed by atoms with E-state index >= 15 is 0 Å². The largest absolute Gasteiger partial charge is 0.495 e. The molecule has 0 spiro atoms. The number of rotatable bonds is 4. The third-order valence-corrected chi connectivity index (χ3v) is 5.61. The summed E-state index contributed by atoms with van der Waals surface area (Å²) in [5, 5.41) is 3.24. The number of benzene rings is 2. The minimum absolute atomic E-state index is 0.191. The number of hydrogen-bond acceptors (Lipinski definition) is 3. The Morgan fingerprint density at radius 1 is 1.15 bits per heavy atom. The first-order chi connectivity index (χ1) is 12.4. The van der Waals surface area contributed by atoms with Gasteiger partial charge in [0.25, 0.3) is 5.91 Å². The summed E-state index contributed by atoms with van der Waals surface area (Å²) in [6.07, 6.45) is 1.67. The van der Waals surface area contributed by atoms with Gasteiger partial charge in [-0.1, -0.05) is 23.7 Å². The molecule has 1 aliphatic rings. The Labute approximate surface area is 183 Å². The zero-order chi connectivity index (χ0) is 18.8. The maximum atomic E-state index is 12.6. The van der Waals surface area contributed by atoms with Gasteiger partial charge in [-0.25, -0.2) is 4.79 Å². The highest BCUT2D eigenvalue weighted by molar-refractivity contribution is 14.1. The van der Waals surface area contributed by atoms with Crippen molar-refractivity contribution in [2.45, 2.75) is 6.54 Å². The third kappa shape index (κ3) is 4.15. The predicted octanol–water partition coefficient (Wildman–Crippen LogP) is 4.65. The highest BCUT2D eigenvalue weighted by Gasteiger charge is 2.33. The molecule has 1 fully saturated rings. The number of ether oxygens (including phenoxy) is 1. The summed E-state index contributed by atoms with van der Waals surface area (Å²) < 4.78 is 7.20. The van der Waals surface area contributed by atoms with Crippen molar-refractivity contribution in [1.82, 2.24) is 10.2 Å². The second-order valence-corrected chi connectivity index (χ2v) is 8.28. The van der Waals surface area contributed by atoms with Gasteiger partial charge < -0.3 is 10.1 Å². The summed E-state index contributed by atoms with van der Waals surface area (Å²) >= 11 is 10.2. The van der Waals surface area contributed by atoms with Gasteiger partial charge in [0.05, 0.1) is 20.8 Å². The van der Waals surface area contributed by atoms with Crippen LogP contribution in [0.15, 0.2) is 42.1 Å². The fourth-order valence-corrected chi connectivity index (χ4v) is 4.89. The van der Waals surface area contributed by atoms with Crippen LogP contribution < -0.4 is 10.1 Å². The van der Waals surface area contributed by atoms with Crippen LogP contribution in [0.25, 0.3) is 6.08 Å². The number of nitrogens with one attached hydrogen (secondary N) is 1. The molecule has 0 unspecified atom stereocenters. The maximum absolute atomic E-state index is 12.6.